The van der Waals surface area contributed by atoms with Crippen LogP contribution in [0, 0.1) is 0 Å². The molecule has 0 spiro atoms. The molecule has 0 atom stereocenters. The van der Waals surface area contributed by atoms with E-state index in [-0.39, 0.29) is 0 Å². The maximum Gasteiger partial charge on any atom is 0.230 e. The molecule has 2 heterocycles. The molecule has 108 valence electrons. The maximum atomic E-state index is 5.99. The summed E-state index contributed by atoms with van der Waals surface area (Å²) in [6.07, 6.45) is 1.00. The molecular weight excluding hydrogens is 284 g/mol. The first kappa shape index (κ1) is 13.7. The standard InChI is InChI=1S/C16H16N2O2S/c1-3-10-8-9-13(21-10)15-14(16(17)20-18-15)11-6-4-5-7-12(11)19-2/h4-9H,3,17H2,1-2H3. The molecule has 0 unspecified atom stereocenters. The van der Waals surface area contributed by atoms with Crippen LogP contribution in [-0.4, -0.2) is 12.3 Å². The first-order valence-electron chi connectivity index (χ1n) is 6.72. The molecule has 2 aromatic heterocycles. The number of aromatic nitrogens is 1. The van der Waals surface area contributed by atoms with E-state index in [4.69, 9.17) is 15.0 Å². The molecule has 0 radical (unpaired) electrons. The van der Waals surface area contributed by atoms with Crippen molar-refractivity contribution < 1.29 is 9.26 Å². The summed E-state index contributed by atoms with van der Waals surface area (Å²) in [5.74, 6) is 1.06. The number of nitrogens with two attached hydrogens (primary N) is 1. The highest BCUT2D eigenvalue weighted by atomic mass is 32.1. The number of hydrogen-bond acceptors (Lipinski definition) is 5. The van der Waals surface area contributed by atoms with Crippen LogP contribution in [0.5, 0.6) is 5.75 Å². The van der Waals surface area contributed by atoms with E-state index in [0.717, 1.165) is 33.9 Å². The predicted octanol–water partition coefficient (Wildman–Crippen LogP) is 4.22. The zero-order chi connectivity index (χ0) is 14.8. The van der Waals surface area contributed by atoms with Gasteiger partial charge in [-0.05, 0) is 24.6 Å². The van der Waals surface area contributed by atoms with Crippen molar-refractivity contribution in [2.45, 2.75) is 13.3 Å². The summed E-state index contributed by atoms with van der Waals surface area (Å²) >= 11 is 1.70. The van der Waals surface area contributed by atoms with Gasteiger partial charge < -0.3 is 15.0 Å². The van der Waals surface area contributed by atoms with Crippen LogP contribution < -0.4 is 10.5 Å². The molecule has 1 aromatic carbocycles. The van der Waals surface area contributed by atoms with E-state index in [0.29, 0.717) is 5.88 Å². The van der Waals surface area contributed by atoms with Gasteiger partial charge in [-0.25, -0.2) is 0 Å². The van der Waals surface area contributed by atoms with E-state index in [1.807, 2.05) is 24.3 Å². The van der Waals surface area contributed by atoms with Crippen molar-refractivity contribution in [3.63, 3.8) is 0 Å². The van der Waals surface area contributed by atoms with E-state index in [1.165, 1.54) is 4.88 Å². The molecule has 0 aliphatic heterocycles. The molecule has 0 saturated heterocycles. The maximum absolute atomic E-state index is 5.99. The van der Waals surface area contributed by atoms with Gasteiger partial charge in [0.15, 0.2) is 0 Å². The van der Waals surface area contributed by atoms with Gasteiger partial charge in [-0.15, -0.1) is 11.3 Å². The molecule has 0 saturated carbocycles. The van der Waals surface area contributed by atoms with Gasteiger partial charge >= 0.3 is 0 Å². The smallest absolute Gasteiger partial charge is 0.230 e. The summed E-state index contributed by atoms with van der Waals surface area (Å²) in [6.45, 7) is 2.13. The Morgan fingerprint density at radius 2 is 2.05 bits per heavy atom. The van der Waals surface area contributed by atoms with Crippen molar-refractivity contribution in [2.75, 3.05) is 12.8 Å². The molecule has 5 heteroatoms. The number of aryl methyl sites for hydroxylation is 1. The van der Waals surface area contributed by atoms with Gasteiger partial charge in [-0.3, -0.25) is 0 Å². The van der Waals surface area contributed by atoms with Crippen LogP contribution in [0.1, 0.15) is 11.8 Å². The van der Waals surface area contributed by atoms with E-state index in [1.54, 1.807) is 18.4 Å². The molecule has 21 heavy (non-hydrogen) atoms. The number of hydrogen-bond donors (Lipinski definition) is 1. The molecule has 4 nitrogen and oxygen atoms in total. The lowest BCUT2D eigenvalue weighted by Gasteiger charge is -2.07. The first-order chi connectivity index (χ1) is 10.2. The van der Waals surface area contributed by atoms with E-state index < -0.39 is 0 Å². The summed E-state index contributed by atoms with van der Waals surface area (Å²) in [4.78, 5) is 2.35. The number of methoxy groups -OCH3 is 1. The molecule has 0 aliphatic rings. The minimum absolute atomic E-state index is 0.306. The Kier molecular flexibility index (Phi) is 3.66. The third-order valence-corrected chi connectivity index (χ3v) is 4.57. The fourth-order valence-electron chi connectivity index (χ4n) is 2.28. The predicted molar refractivity (Wildman–Crippen MR) is 85.6 cm³/mol. The molecule has 3 rings (SSSR count). The molecule has 0 amide bonds. The Bertz CT molecular complexity index is 761. The van der Waals surface area contributed by atoms with E-state index in [2.05, 4.69) is 24.2 Å². The molecule has 0 fully saturated rings. The van der Waals surface area contributed by atoms with E-state index >= 15 is 0 Å². The number of ether oxygens (including phenoxy) is 1. The lowest BCUT2D eigenvalue weighted by Crippen LogP contribution is -1.91. The zero-order valence-electron chi connectivity index (χ0n) is 11.9. The van der Waals surface area contributed by atoms with Gasteiger partial charge in [0.1, 0.15) is 11.4 Å². The highest BCUT2D eigenvalue weighted by Gasteiger charge is 2.21. The van der Waals surface area contributed by atoms with Crippen LogP contribution in [0.3, 0.4) is 0 Å². The van der Waals surface area contributed by atoms with Gasteiger partial charge in [0.05, 0.1) is 17.6 Å². The van der Waals surface area contributed by atoms with Crippen molar-refractivity contribution in [1.82, 2.24) is 5.16 Å². The van der Waals surface area contributed by atoms with Crippen LogP contribution in [0.4, 0.5) is 5.88 Å². The van der Waals surface area contributed by atoms with Crippen molar-refractivity contribution in [3.8, 4) is 27.4 Å². The Hall–Kier alpha value is -2.27. The van der Waals surface area contributed by atoms with Crippen LogP contribution in [0.25, 0.3) is 21.7 Å². The van der Waals surface area contributed by atoms with Gasteiger partial charge in [0, 0.05) is 10.4 Å². The average molecular weight is 300 g/mol. The van der Waals surface area contributed by atoms with Gasteiger partial charge in [-0.1, -0.05) is 30.3 Å². The largest absolute Gasteiger partial charge is 0.496 e. The van der Waals surface area contributed by atoms with Gasteiger partial charge in [0.25, 0.3) is 0 Å². The monoisotopic (exact) mass is 300 g/mol. The summed E-state index contributed by atoms with van der Waals surface area (Å²) in [6, 6.07) is 11.9. The first-order valence-corrected chi connectivity index (χ1v) is 7.53. The third-order valence-electron chi connectivity index (χ3n) is 3.34. The van der Waals surface area contributed by atoms with Gasteiger partial charge in [-0.2, -0.15) is 0 Å². The molecule has 2 N–H and O–H groups in total. The fourth-order valence-corrected chi connectivity index (χ4v) is 3.21. The average Bonchev–Trinajstić information content (AvgIpc) is 3.13. The normalized spacial score (nSPS) is 10.8. The van der Waals surface area contributed by atoms with Crippen molar-refractivity contribution in [1.29, 1.82) is 0 Å². The Balaban J connectivity index is 2.17. The second-order valence-electron chi connectivity index (χ2n) is 4.59. The van der Waals surface area contributed by atoms with E-state index in [9.17, 15) is 0 Å². The second kappa shape index (κ2) is 5.61. The number of rotatable bonds is 4. The topological polar surface area (TPSA) is 61.3 Å². The number of benzene rings is 1. The quantitative estimate of drug-likeness (QED) is 0.783. The molecule has 3 aromatic rings. The molecular formula is C16H16N2O2S. The lowest BCUT2D eigenvalue weighted by atomic mass is 10.0. The van der Waals surface area contributed by atoms with Crippen LogP contribution in [0.15, 0.2) is 40.9 Å². The van der Waals surface area contributed by atoms with Crippen molar-refractivity contribution >= 4 is 17.2 Å². The van der Waals surface area contributed by atoms with Crippen LogP contribution >= 0.6 is 11.3 Å². The summed E-state index contributed by atoms with van der Waals surface area (Å²) in [5.41, 5.74) is 8.44. The number of thiophene rings is 1. The third kappa shape index (κ3) is 2.40. The Morgan fingerprint density at radius 3 is 2.76 bits per heavy atom. The summed E-state index contributed by atoms with van der Waals surface area (Å²) in [5, 5.41) is 4.14. The van der Waals surface area contributed by atoms with Crippen LogP contribution in [0.2, 0.25) is 0 Å². The number of para-hydroxylation sites is 1. The lowest BCUT2D eigenvalue weighted by molar-refractivity contribution is 0.416. The second-order valence-corrected chi connectivity index (χ2v) is 5.76. The SMILES string of the molecule is CCc1ccc(-c2noc(N)c2-c2ccccc2OC)s1. The summed E-state index contributed by atoms with van der Waals surface area (Å²) in [7, 11) is 1.64. The van der Waals surface area contributed by atoms with Gasteiger partial charge in [0.2, 0.25) is 5.88 Å². The zero-order valence-corrected chi connectivity index (χ0v) is 12.7. The fraction of sp³-hybridized carbons (Fsp3) is 0.188. The minimum atomic E-state index is 0.306. The number of nitrogens with zero attached hydrogens (tertiary/aromatic N) is 1. The Labute approximate surface area is 127 Å². The highest BCUT2D eigenvalue weighted by molar-refractivity contribution is 7.15. The minimum Gasteiger partial charge on any atom is -0.496 e. The molecule has 0 bridgehead atoms. The number of nitrogen functional groups attached to an aromatic ring is 1. The number of anilines is 1. The van der Waals surface area contributed by atoms with Crippen molar-refractivity contribution in [3.05, 3.63) is 41.3 Å². The molecule has 0 aliphatic carbocycles. The van der Waals surface area contributed by atoms with Crippen LogP contribution in [-0.2, 0) is 6.42 Å². The summed E-state index contributed by atoms with van der Waals surface area (Å²) < 4.78 is 10.6. The highest BCUT2D eigenvalue weighted by Crippen LogP contribution is 2.42. The Morgan fingerprint density at radius 1 is 1.24 bits per heavy atom. The van der Waals surface area contributed by atoms with Crippen molar-refractivity contribution in [2.24, 2.45) is 0 Å².